The molecule has 1 nitrogen and oxygen atoms in total. The van der Waals surface area contributed by atoms with Crippen molar-refractivity contribution in [3.63, 3.8) is 0 Å². The van der Waals surface area contributed by atoms with Gasteiger partial charge in [0.15, 0.2) is 0 Å². The molecule has 0 radical (unpaired) electrons. The van der Waals surface area contributed by atoms with Crippen molar-refractivity contribution in [1.82, 2.24) is 5.32 Å². The first-order chi connectivity index (χ1) is 7.09. The van der Waals surface area contributed by atoms with E-state index < -0.39 is 0 Å². The summed E-state index contributed by atoms with van der Waals surface area (Å²) in [6.07, 6.45) is 2.62. The fourth-order valence-corrected chi connectivity index (χ4v) is 2.61. The number of hydrogen-bond acceptors (Lipinski definition) is 2. The van der Waals surface area contributed by atoms with Crippen LogP contribution < -0.4 is 5.32 Å². The van der Waals surface area contributed by atoms with Crippen molar-refractivity contribution < 1.29 is 0 Å². The highest BCUT2D eigenvalue weighted by Gasteiger charge is 2.00. The van der Waals surface area contributed by atoms with Crippen molar-refractivity contribution >= 4 is 11.3 Å². The second-order valence-corrected chi connectivity index (χ2v) is 6.01. The van der Waals surface area contributed by atoms with E-state index >= 15 is 0 Å². The Kier molecular flexibility index (Phi) is 5.34. The second kappa shape index (κ2) is 6.29. The quantitative estimate of drug-likeness (QED) is 0.724. The van der Waals surface area contributed by atoms with Crippen LogP contribution in [-0.2, 0) is 6.54 Å². The van der Waals surface area contributed by atoms with Crippen molar-refractivity contribution in [2.75, 3.05) is 6.54 Å². The van der Waals surface area contributed by atoms with Crippen LogP contribution in [0.2, 0.25) is 0 Å². The zero-order chi connectivity index (χ0) is 11.3. The molecule has 2 heteroatoms. The van der Waals surface area contributed by atoms with Crippen LogP contribution in [0, 0.1) is 19.8 Å². The molecule has 0 saturated heterocycles. The molecule has 15 heavy (non-hydrogen) atoms. The molecule has 0 unspecified atom stereocenters. The first-order valence-electron chi connectivity index (χ1n) is 5.86. The number of rotatable bonds is 6. The second-order valence-electron chi connectivity index (χ2n) is 4.66. The summed E-state index contributed by atoms with van der Waals surface area (Å²) in [5.74, 6) is 0.832. The molecule has 1 rings (SSSR count). The number of thiophene rings is 1. The largest absolute Gasteiger partial charge is 0.312 e. The van der Waals surface area contributed by atoms with Crippen LogP contribution in [0.25, 0.3) is 0 Å². The molecule has 0 bridgehead atoms. The van der Waals surface area contributed by atoms with Crippen LogP contribution in [0.1, 0.15) is 42.0 Å². The molecule has 0 fully saturated rings. The Balaban J connectivity index is 2.15. The lowest BCUT2D eigenvalue weighted by Crippen LogP contribution is -2.14. The van der Waals surface area contributed by atoms with Crippen molar-refractivity contribution in [3.05, 3.63) is 21.4 Å². The third kappa shape index (κ3) is 4.80. The number of aryl methyl sites for hydroxylation is 2. The Bertz CT molecular complexity index is 269. The van der Waals surface area contributed by atoms with Gasteiger partial charge in [0.1, 0.15) is 0 Å². The lowest BCUT2D eigenvalue weighted by atomic mass is 10.1. The average molecular weight is 225 g/mol. The smallest absolute Gasteiger partial charge is 0.0299 e. The van der Waals surface area contributed by atoms with Crippen LogP contribution in [-0.4, -0.2) is 6.54 Å². The molecule has 86 valence electrons. The monoisotopic (exact) mass is 225 g/mol. The van der Waals surface area contributed by atoms with Gasteiger partial charge in [0, 0.05) is 16.3 Å². The lowest BCUT2D eigenvalue weighted by Gasteiger charge is -2.05. The number of hydrogen-bond donors (Lipinski definition) is 1. The van der Waals surface area contributed by atoms with E-state index in [0.717, 1.165) is 19.0 Å². The van der Waals surface area contributed by atoms with Crippen molar-refractivity contribution in [2.24, 2.45) is 5.92 Å². The van der Waals surface area contributed by atoms with Gasteiger partial charge in [0.05, 0.1) is 0 Å². The maximum absolute atomic E-state index is 3.51. The zero-order valence-corrected chi connectivity index (χ0v) is 11.2. The van der Waals surface area contributed by atoms with Gasteiger partial charge in [-0.3, -0.25) is 0 Å². The van der Waals surface area contributed by atoms with Gasteiger partial charge in [-0.15, -0.1) is 11.3 Å². The molecule has 0 aliphatic rings. The van der Waals surface area contributed by atoms with E-state index in [9.17, 15) is 0 Å². The molecule has 1 aromatic heterocycles. The summed E-state index contributed by atoms with van der Waals surface area (Å²) in [6.45, 7) is 11.1. The molecule has 1 heterocycles. The van der Waals surface area contributed by atoms with Crippen LogP contribution >= 0.6 is 11.3 Å². The Morgan fingerprint density at radius 1 is 1.33 bits per heavy atom. The van der Waals surface area contributed by atoms with Crippen molar-refractivity contribution in [1.29, 1.82) is 0 Å². The van der Waals surface area contributed by atoms with Gasteiger partial charge in [-0.1, -0.05) is 13.8 Å². The third-order valence-electron chi connectivity index (χ3n) is 2.65. The van der Waals surface area contributed by atoms with Crippen molar-refractivity contribution in [2.45, 2.75) is 47.1 Å². The van der Waals surface area contributed by atoms with E-state index in [1.54, 1.807) is 0 Å². The molecule has 0 aromatic carbocycles. The fourth-order valence-electron chi connectivity index (χ4n) is 1.58. The van der Waals surface area contributed by atoms with E-state index in [4.69, 9.17) is 0 Å². The van der Waals surface area contributed by atoms with E-state index in [-0.39, 0.29) is 0 Å². The van der Waals surface area contributed by atoms with Gasteiger partial charge in [0.25, 0.3) is 0 Å². The predicted molar refractivity (Wildman–Crippen MR) is 69.6 cm³/mol. The molecule has 1 N–H and O–H groups in total. The Hall–Kier alpha value is -0.340. The van der Waals surface area contributed by atoms with E-state index in [1.165, 1.54) is 28.2 Å². The minimum atomic E-state index is 0.832. The van der Waals surface area contributed by atoms with E-state index in [0.29, 0.717) is 0 Å². The van der Waals surface area contributed by atoms with Gasteiger partial charge in [-0.25, -0.2) is 0 Å². The highest BCUT2D eigenvalue weighted by molar-refractivity contribution is 7.12. The summed E-state index contributed by atoms with van der Waals surface area (Å²) in [6, 6.07) is 2.30. The van der Waals surface area contributed by atoms with Crippen LogP contribution in [0.3, 0.4) is 0 Å². The minimum Gasteiger partial charge on any atom is -0.312 e. The topological polar surface area (TPSA) is 12.0 Å². The summed E-state index contributed by atoms with van der Waals surface area (Å²) in [5.41, 5.74) is 1.43. The molecule has 0 saturated carbocycles. The Morgan fingerprint density at radius 3 is 2.60 bits per heavy atom. The fraction of sp³-hybridized carbons (Fsp3) is 0.692. The standard InChI is InChI=1S/C13H23NS/c1-10(2)6-5-7-14-9-13-8-11(3)12(4)15-13/h8,10,14H,5-7,9H2,1-4H3. The molecule has 1 aromatic rings. The lowest BCUT2D eigenvalue weighted by molar-refractivity contribution is 0.528. The summed E-state index contributed by atoms with van der Waals surface area (Å²) in [4.78, 5) is 2.92. The van der Waals surface area contributed by atoms with E-state index in [2.05, 4.69) is 39.1 Å². The van der Waals surface area contributed by atoms with E-state index in [1.807, 2.05) is 11.3 Å². The minimum absolute atomic E-state index is 0.832. The highest BCUT2D eigenvalue weighted by atomic mass is 32.1. The molecule has 0 amide bonds. The van der Waals surface area contributed by atoms with Gasteiger partial charge in [0.2, 0.25) is 0 Å². The molecule has 0 aliphatic heterocycles. The van der Waals surface area contributed by atoms with Gasteiger partial charge >= 0.3 is 0 Å². The zero-order valence-electron chi connectivity index (χ0n) is 10.4. The SMILES string of the molecule is Cc1cc(CNCCCC(C)C)sc1C. The Morgan fingerprint density at radius 2 is 2.07 bits per heavy atom. The van der Waals surface area contributed by atoms with Gasteiger partial charge in [-0.2, -0.15) is 0 Å². The van der Waals surface area contributed by atoms with Crippen LogP contribution in [0.4, 0.5) is 0 Å². The first-order valence-corrected chi connectivity index (χ1v) is 6.68. The Labute approximate surface area is 97.9 Å². The summed E-state index contributed by atoms with van der Waals surface area (Å²) in [5, 5.41) is 3.51. The normalized spacial score (nSPS) is 11.3. The number of nitrogens with one attached hydrogen (secondary N) is 1. The highest BCUT2D eigenvalue weighted by Crippen LogP contribution is 2.20. The predicted octanol–water partition coefficient (Wildman–Crippen LogP) is 3.89. The summed E-state index contributed by atoms with van der Waals surface area (Å²) >= 11 is 1.92. The van der Waals surface area contributed by atoms with Gasteiger partial charge in [-0.05, 0) is 50.8 Å². The van der Waals surface area contributed by atoms with Crippen LogP contribution in [0.15, 0.2) is 6.07 Å². The molecule has 0 spiro atoms. The first kappa shape index (κ1) is 12.7. The molecular weight excluding hydrogens is 202 g/mol. The van der Waals surface area contributed by atoms with Crippen molar-refractivity contribution in [3.8, 4) is 0 Å². The van der Waals surface area contributed by atoms with Crippen LogP contribution in [0.5, 0.6) is 0 Å². The van der Waals surface area contributed by atoms with Gasteiger partial charge < -0.3 is 5.32 Å². The maximum atomic E-state index is 3.51. The molecular formula is C13H23NS. The molecule has 0 atom stereocenters. The summed E-state index contributed by atoms with van der Waals surface area (Å²) in [7, 11) is 0. The third-order valence-corrected chi connectivity index (χ3v) is 3.80. The summed E-state index contributed by atoms with van der Waals surface area (Å²) < 4.78 is 0. The molecule has 0 aliphatic carbocycles. The average Bonchev–Trinajstić information content (AvgIpc) is 2.45. The maximum Gasteiger partial charge on any atom is 0.0299 e.